The second-order valence-electron chi connectivity index (χ2n) is 8.23. The van der Waals surface area contributed by atoms with Crippen molar-refractivity contribution in [2.24, 2.45) is 0 Å². The minimum Gasteiger partial charge on any atom is -0.348 e. The van der Waals surface area contributed by atoms with E-state index in [-0.39, 0.29) is 23.8 Å². The summed E-state index contributed by atoms with van der Waals surface area (Å²) in [6.07, 6.45) is 5.64. The first-order chi connectivity index (χ1) is 15.1. The summed E-state index contributed by atoms with van der Waals surface area (Å²) in [4.78, 5) is 23.7. The Balaban J connectivity index is 1.86. The number of nitrogens with one attached hydrogen (secondary N) is 1. The molecule has 172 valence electrons. The summed E-state index contributed by atoms with van der Waals surface area (Å²) in [5.41, 5.74) is 3.46. The summed E-state index contributed by atoms with van der Waals surface area (Å²) in [6, 6.07) is 10.2. The van der Waals surface area contributed by atoms with Crippen LogP contribution in [0.25, 0.3) is 0 Å². The zero-order chi connectivity index (χ0) is 23.5. The normalized spacial score (nSPS) is 15.3. The van der Waals surface area contributed by atoms with Crippen LogP contribution in [0.4, 0.5) is 11.4 Å². The number of fused-ring (bicyclic) bond motifs is 1. The number of nitrogens with zero attached hydrogens (tertiary/aromatic N) is 2. The highest BCUT2D eigenvalue weighted by Crippen LogP contribution is 2.28. The molecule has 0 bridgehead atoms. The zero-order valence-electron chi connectivity index (χ0n) is 18.6. The maximum atomic E-state index is 13.2. The molecular formula is C23H29N3O5S. The molecule has 0 saturated carbocycles. The van der Waals surface area contributed by atoms with Crippen LogP contribution in [0, 0.1) is 10.1 Å². The van der Waals surface area contributed by atoms with Crippen molar-refractivity contribution >= 4 is 27.3 Å². The van der Waals surface area contributed by atoms with Gasteiger partial charge in [-0.05, 0) is 61.8 Å². The summed E-state index contributed by atoms with van der Waals surface area (Å²) >= 11 is 0. The Morgan fingerprint density at radius 2 is 1.84 bits per heavy atom. The third kappa shape index (κ3) is 5.27. The molecule has 8 nitrogen and oxygen atoms in total. The van der Waals surface area contributed by atoms with Gasteiger partial charge in [0.05, 0.1) is 22.9 Å². The van der Waals surface area contributed by atoms with Crippen molar-refractivity contribution < 1.29 is 18.1 Å². The quantitative estimate of drug-likeness (QED) is 0.476. The number of rotatable bonds is 8. The number of hydrogen-bond donors (Lipinski definition) is 1. The number of anilines is 1. The van der Waals surface area contributed by atoms with Gasteiger partial charge < -0.3 is 5.32 Å². The topological polar surface area (TPSA) is 110 Å². The number of nitro groups is 1. The zero-order valence-corrected chi connectivity index (χ0v) is 19.4. The molecule has 3 rings (SSSR count). The Hall–Kier alpha value is -2.94. The maximum absolute atomic E-state index is 13.2. The Bertz CT molecular complexity index is 1120. The highest BCUT2D eigenvalue weighted by molar-refractivity contribution is 7.92. The Morgan fingerprint density at radius 1 is 1.16 bits per heavy atom. The van der Waals surface area contributed by atoms with Crippen molar-refractivity contribution in [1.29, 1.82) is 0 Å². The molecule has 32 heavy (non-hydrogen) atoms. The van der Waals surface area contributed by atoms with E-state index in [1.54, 1.807) is 6.92 Å². The predicted octanol–water partition coefficient (Wildman–Crippen LogP) is 3.90. The van der Waals surface area contributed by atoms with E-state index >= 15 is 0 Å². The van der Waals surface area contributed by atoms with Gasteiger partial charge in [-0.25, -0.2) is 8.42 Å². The van der Waals surface area contributed by atoms with Crippen LogP contribution in [-0.4, -0.2) is 31.5 Å². The summed E-state index contributed by atoms with van der Waals surface area (Å²) < 4.78 is 26.2. The van der Waals surface area contributed by atoms with Gasteiger partial charge in [0.2, 0.25) is 15.9 Å². The van der Waals surface area contributed by atoms with E-state index in [4.69, 9.17) is 0 Å². The van der Waals surface area contributed by atoms with Crippen molar-refractivity contribution in [3.63, 3.8) is 0 Å². The van der Waals surface area contributed by atoms with Crippen molar-refractivity contribution in [3.05, 3.63) is 69.3 Å². The largest absolute Gasteiger partial charge is 0.348 e. The Labute approximate surface area is 188 Å². The summed E-state index contributed by atoms with van der Waals surface area (Å²) in [7, 11) is -3.88. The molecule has 0 aromatic heterocycles. The van der Waals surface area contributed by atoms with Gasteiger partial charge in [0.1, 0.15) is 6.04 Å². The molecule has 0 aliphatic heterocycles. The van der Waals surface area contributed by atoms with Gasteiger partial charge in [0, 0.05) is 12.1 Å². The minimum atomic E-state index is -3.88. The second-order valence-corrected chi connectivity index (χ2v) is 10.1. The lowest BCUT2D eigenvalue weighted by Gasteiger charge is -2.31. The lowest BCUT2D eigenvalue weighted by molar-refractivity contribution is -0.384. The van der Waals surface area contributed by atoms with Gasteiger partial charge in [-0.15, -0.1) is 0 Å². The molecule has 2 aromatic carbocycles. The molecule has 0 radical (unpaired) electrons. The SMILES string of the molecule is CC[C@H](C(=O)N[C@H](C)c1ccc2c(c1)CCCC2)N(c1cccc([N+](=O)[O-])c1)S(C)(=O)=O. The minimum absolute atomic E-state index is 0.0881. The number of non-ortho nitro benzene ring substituents is 1. The molecule has 0 heterocycles. The van der Waals surface area contributed by atoms with Crippen molar-refractivity contribution in [2.75, 3.05) is 10.6 Å². The molecule has 2 aromatic rings. The molecule has 0 spiro atoms. The lowest BCUT2D eigenvalue weighted by Crippen LogP contribution is -2.49. The second kappa shape index (κ2) is 9.68. The lowest BCUT2D eigenvalue weighted by atomic mass is 9.89. The molecule has 1 amide bonds. The van der Waals surface area contributed by atoms with Crippen LogP contribution in [0.3, 0.4) is 0 Å². The fraction of sp³-hybridized carbons (Fsp3) is 0.435. The van der Waals surface area contributed by atoms with Gasteiger partial charge in [-0.1, -0.05) is 31.2 Å². The number of hydrogen-bond acceptors (Lipinski definition) is 5. The number of amides is 1. The smallest absolute Gasteiger partial charge is 0.271 e. The number of nitro benzene ring substituents is 1. The van der Waals surface area contributed by atoms with Gasteiger partial charge >= 0.3 is 0 Å². The molecule has 0 saturated heterocycles. The van der Waals surface area contributed by atoms with Gasteiger partial charge in [0.15, 0.2) is 0 Å². The Kier molecular flexibility index (Phi) is 7.18. The summed E-state index contributed by atoms with van der Waals surface area (Å²) in [5.74, 6) is -0.449. The number of carbonyl (C=O) groups is 1. The third-order valence-corrected chi connectivity index (χ3v) is 7.04. The van der Waals surface area contributed by atoms with Crippen molar-refractivity contribution in [3.8, 4) is 0 Å². The number of carbonyl (C=O) groups excluding carboxylic acids is 1. The molecular weight excluding hydrogens is 430 g/mol. The van der Waals surface area contributed by atoms with E-state index in [1.807, 2.05) is 13.0 Å². The predicted molar refractivity (Wildman–Crippen MR) is 124 cm³/mol. The summed E-state index contributed by atoms with van der Waals surface area (Å²) in [5, 5.41) is 14.1. The molecule has 1 N–H and O–H groups in total. The molecule has 2 atom stereocenters. The Morgan fingerprint density at radius 3 is 2.47 bits per heavy atom. The van der Waals surface area contributed by atoms with Gasteiger partial charge in [-0.2, -0.15) is 0 Å². The van der Waals surface area contributed by atoms with E-state index in [0.29, 0.717) is 0 Å². The number of aryl methyl sites for hydroxylation is 2. The van der Waals surface area contributed by atoms with Crippen molar-refractivity contribution in [1.82, 2.24) is 5.32 Å². The fourth-order valence-electron chi connectivity index (χ4n) is 4.22. The fourth-order valence-corrected chi connectivity index (χ4v) is 5.42. The van der Waals surface area contributed by atoms with Crippen LogP contribution in [-0.2, 0) is 27.7 Å². The molecule has 1 aliphatic rings. The monoisotopic (exact) mass is 459 g/mol. The first-order valence-corrected chi connectivity index (χ1v) is 12.6. The molecule has 0 fully saturated rings. The van der Waals surface area contributed by atoms with E-state index in [0.717, 1.165) is 35.4 Å². The summed E-state index contributed by atoms with van der Waals surface area (Å²) in [6.45, 7) is 3.58. The van der Waals surface area contributed by atoms with Crippen LogP contribution < -0.4 is 9.62 Å². The highest BCUT2D eigenvalue weighted by atomic mass is 32.2. The number of benzene rings is 2. The van der Waals surface area contributed by atoms with Crippen LogP contribution in [0.1, 0.15) is 55.8 Å². The van der Waals surface area contributed by atoms with E-state index in [1.165, 1.54) is 41.8 Å². The third-order valence-electron chi connectivity index (χ3n) is 5.86. The highest BCUT2D eigenvalue weighted by Gasteiger charge is 2.33. The van der Waals surface area contributed by atoms with Crippen LogP contribution in [0.15, 0.2) is 42.5 Å². The standard InChI is InChI=1S/C23H29N3O5S/c1-4-22(25(32(3,30)31)20-10-7-11-21(15-20)26(28)29)23(27)24-16(2)18-13-12-17-8-5-6-9-19(17)14-18/h7,10-16,22H,4-6,8-9H2,1-3H3,(H,24,27)/t16-,22-/m1/s1. The van der Waals surface area contributed by atoms with Crippen molar-refractivity contribution in [2.45, 2.75) is 58.0 Å². The van der Waals surface area contributed by atoms with Gasteiger partial charge in [0.25, 0.3) is 5.69 Å². The van der Waals surface area contributed by atoms with E-state index in [2.05, 4.69) is 17.4 Å². The van der Waals surface area contributed by atoms with E-state index < -0.39 is 26.9 Å². The average molecular weight is 460 g/mol. The average Bonchev–Trinajstić information content (AvgIpc) is 2.76. The van der Waals surface area contributed by atoms with Crippen LogP contribution in [0.5, 0.6) is 0 Å². The van der Waals surface area contributed by atoms with Crippen LogP contribution in [0.2, 0.25) is 0 Å². The number of sulfonamides is 1. The first-order valence-electron chi connectivity index (χ1n) is 10.8. The van der Waals surface area contributed by atoms with Crippen LogP contribution >= 0.6 is 0 Å². The molecule has 0 unspecified atom stereocenters. The molecule has 1 aliphatic carbocycles. The molecule has 9 heteroatoms. The van der Waals surface area contributed by atoms with E-state index in [9.17, 15) is 23.3 Å². The maximum Gasteiger partial charge on any atom is 0.271 e. The van der Waals surface area contributed by atoms with Gasteiger partial charge in [-0.3, -0.25) is 19.2 Å². The first kappa shape index (κ1) is 23.7.